The number of hydrogen-bond donors (Lipinski definition) is 1. The van der Waals surface area contributed by atoms with E-state index in [2.05, 4.69) is 15.4 Å². The summed E-state index contributed by atoms with van der Waals surface area (Å²) < 4.78 is 15.0. The van der Waals surface area contributed by atoms with Gasteiger partial charge in [-0.15, -0.1) is 0 Å². The quantitative estimate of drug-likeness (QED) is 0.731. The molecule has 2 aromatic carbocycles. The van der Waals surface area contributed by atoms with Crippen LogP contribution in [0.4, 0.5) is 4.39 Å². The maximum absolute atomic E-state index is 13.3. The summed E-state index contributed by atoms with van der Waals surface area (Å²) in [6.07, 6.45) is 5.78. The van der Waals surface area contributed by atoms with E-state index in [1.54, 1.807) is 23.1 Å². The molecule has 1 aromatic heterocycles. The van der Waals surface area contributed by atoms with Gasteiger partial charge in [-0.1, -0.05) is 42.8 Å². The predicted octanol–water partition coefficient (Wildman–Crippen LogP) is 3.20. The smallest absolute Gasteiger partial charge is 0.230 e. The predicted molar refractivity (Wildman–Crippen MR) is 99.3 cm³/mol. The Morgan fingerprint density at radius 3 is 2.48 bits per heavy atom. The molecular weight excluding hydrogens is 343 g/mol. The van der Waals surface area contributed by atoms with Crippen molar-refractivity contribution < 1.29 is 9.18 Å². The molecule has 5 nitrogen and oxygen atoms in total. The molecule has 6 heteroatoms. The molecule has 0 spiro atoms. The monoisotopic (exact) mass is 364 g/mol. The summed E-state index contributed by atoms with van der Waals surface area (Å²) in [5.41, 5.74) is 2.50. The number of hydrogen-bond acceptors (Lipinski definition) is 3. The van der Waals surface area contributed by atoms with Crippen molar-refractivity contribution in [1.29, 1.82) is 0 Å². The summed E-state index contributed by atoms with van der Waals surface area (Å²) in [6.45, 7) is 1.06. The van der Waals surface area contributed by atoms with Gasteiger partial charge in [0, 0.05) is 6.54 Å². The van der Waals surface area contributed by atoms with Crippen LogP contribution in [0.3, 0.4) is 0 Å². The van der Waals surface area contributed by atoms with Crippen molar-refractivity contribution in [2.45, 2.75) is 37.8 Å². The summed E-state index contributed by atoms with van der Waals surface area (Å²) in [5, 5.41) is 7.24. The first-order valence-electron chi connectivity index (χ1n) is 9.11. The third kappa shape index (κ3) is 3.47. The average molecular weight is 364 g/mol. The summed E-state index contributed by atoms with van der Waals surface area (Å²) >= 11 is 0. The highest BCUT2D eigenvalue weighted by Gasteiger charge is 2.45. The van der Waals surface area contributed by atoms with Gasteiger partial charge >= 0.3 is 0 Å². The van der Waals surface area contributed by atoms with E-state index in [1.807, 2.05) is 24.3 Å². The number of nitrogens with one attached hydrogen (secondary N) is 1. The third-order valence-corrected chi connectivity index (χ3v) is 5.40. The number of carbonyl (C=O) groups excluding carboxylic acids is 1. The van der Waals surface area contributed by atoms with Gasteiger partial charge in [-0.05, 0) is 41.7 Å². The summed E-state index contributed by atoms with van der Waals surface area (Å²) in [7, 11) is 0. The van der Waals surface area contributed by atoms with Crippen molar-refractivity contribution in [1.82, 2.24) is 20.1 Å². The van der Waals surface area contributed by atoms with Crippen LogP contribution in [-0.4, -0.2) is 20.7 Å². The zero-order valence-corrected chi connectivity index (χ0v) is 14.9. The standard InChI is InChI=1S/C21H21FN4O/c22-19-8-6-18(7-9-19)21(10-3-11-21)20(27)24-12-16-4-1-2-5-17(16)13-26-15-23-14-25-26/h1-2,4-9,14-15H,3,10-13H2,(H,24,27). The van der Waals surface area contributed by atoms with Crippen LogP contribution in [0.5, 0.6) is 0 Å². The van der Waals surface area contributed by atoms with Gasteiger partial charge in [-0.25, -0.2) is 14.1 Å². The van der Waals surface area contributed by atoms with Crippen LogP contribution in [-0.2, 0) is 23.3 Å². The topological polar surface area (TPSA) is 59.8 Å². The molecule has 0 atom stereocenters. The molecule has 1 aliphatic rings. The van der Waals surface area contributed by atoms with Gasteiger partial charge in [-0.2, -0.15) is 5.10 Å². The second kappa shape index (κ2) is 7.31. The van der Waals surface area contributed by atoms with Gasteiger partial charge in [0.2, 0.25) is 5.91 Å². The van der Waals surface area contributed by atoms with E-state index in [4.69, 9.17) is 0 Å². The minimum Gasteiger partial charge on any atom is -0.351 e. The maximum atomic E-state index is 13.3. The Hall–Kier alpha value is -3.02. The first-order chi connectivity index (χ1) is 13.2. The fourth-order valence-electron chi connectivity index (χ4n) is 3.66. The van der Waals surface area contributed by atoms with Crippen LogP contribution < -0.4 is 5.32 Å². The first kappa shape index (κ1) is 17.4. The van der Waals surface area contributed by atoms with E-state index >= 15 is 0 Å². The number of halogens is 1. The van der Waals surface area contributed by atoms with Crippen LogP contribution in [0.1, 0.15) is 36.0 Å². The first-order valence-corrected chi connectivity index (χ1v) is 9.11. The highest BCUT2D eigenvalue weighted by Crippen LogP contribution is 2.44. The molecule has 138 valence electrons. The van der Waals surface area contributed by atoms with Crippen LogP contribution in [0.15, 0.2) is 61.2 Å². The zero-order chi connectivity index (χ0) is 18.7. The summed E-state index contributed by atoms with van der Waals surface area (Å²) in [5.74, 6) is -0.272. The Morgan fingerprint density at radius 2 is 1.85 bits per heavy atom. The highest BCUT2D eigenvalue weighted by molar-refractivity contribution is 5.89. The van der Waals surface area contributed by atoms with E-state index in [0.717, 1.165) is 36.0 Å². The molecule has 3 aromatic rings. The number of benzene rings is 2. The second-order valence-corrected chi connectivity index (χ2v) is 6.99. The lowest BCUT2D eigenvalue weighted by Crippen LogP contribution is -2.49. The molecule has 0 bridgehead atoms. The molecule has 4 rings (SSSR count). The maximum Gasteiger partial charge on any atom is 0.230 e. The molecule has 1 heterocycles. The Labute approximate surface area is 157 Å². The van der Waals surface area contributed by atoms with E-state index in [0.29, 0.717) is 13.1 Å². The van der Waals surface area contributed by atoms with E-state index in [-0.39, 0.29) is 11.7 Å². The SMILES string of the molecule is O=C(NCc1ccccc1Cn1cncn1)C1(c2ccc(F)cc2)CCC1. The van der Waals surface area contributed by atoms with Crippen LogP contribution in [0.25, 0.3) is 0 Å². The minimum atomic E-state index is -0.533. The van der Waals surface area contributed by atoms with Gasteiger partial charge in [-0.3, -0.25) is 4.79 Å². The van der Waals surface area contributed by atoms with Gasteiger partial charge in [0.1, 0.15) is 18.5 Å². The minimum absolute atomic E-state index is 0.0101. The third-order valence-electron chi connectivity index (χ3n) is 5.40. The Bertz CT molecular complexity index is 918. The van der Waals surface area contributed by atoms with Crippen LogP contribution >= 0.6 is 0 Å². The molecule has 0 aliphatic heterocycles. The molecular formula is C21H21FN4O. The lowest BCUT2D eigenvalue weighted by molar-refractivity contribution is -0.130. The zero-order valence-electron chi connectivity index (χ0n) is 14.9. The molecule has 1 fully saturated rings. The normalized spacial score (nSPS) is 15.1. The molecule has 27 heavy (non-hydrogen) atoms. The van der Waals surface area contributed by atoms with Crippen molar-refractivity contribution in [3.05, 3.63) is 83.7 Å². The van der Waals surface area contributed by atoms with E-state index in [9.17, 15) is 9.18 Å². The largest absolute Gasteiger partial charge is 0.351 e. The number of aromatic nitrogens is 3. The van der Waals surface area contributed by atoms with E-state index < -0.39 is 5.41 Å². The number of amides is 1. The van der Waals surface area contributed by atoms with Gasteiger partial charge < -0.3 is 5.32 Å². The highest BCUT2D eigenvalue weighted by atomic mass is 19.1. The molecule has 0 unspecified atom stereocenters. The van der Waals surface area contributed by atoms with Crippen molar-refractivity contribution >= 4 is 5.91 Å². The number of nitrogens with zero attached hydrogens (tertiary/aromatic N) is 3. The average Bonchev–Trinajstić information content (AvgIpc) is 3.15. The van der Waals surface area contributed by atoms with Crippen molar-refractivity contribution in [3.8, 4) is 0 Å². The fourth-order valence-corrected chi connectivity index (χ4v) is 3.66. The number of rotatable bonds is 6. The van der Waals surface area contributed by atoms with Gasteiger partial charge in [0.05, 0.1) is 12.0 Å². The van der Waals surface area contributed by atoms with E-state index in [1.165, 1.54) is 18.5 Å². The number of carbonyl (C=O) groups is 1. The summed E-state index contributed by atoms with van der Waals surface area (Å²) in [4.78, 5) is 17.0. The molecule has 0 saturated heterocycles. The Morgan fingerprint density at radius 1 is 1.11 bits per heavy atom. The van der Waals surface area contributed by atoms with Crippen LogP contribution in [0.2, 0.25) is 0 Å². The Kier molecular flexibility index (Phi) is 4.71. The summed E-state index contributed by atoms with van der Waals surface area (Å²) in [6, 6.07) is 14.3. The molecule has 1 aliphatic carbocycles. The molecule has 1 amide bonds. The van der Waals surface area contributed by atoms with Crippen molar-refractivity contribution in [3.63, 3.8) is 0 Å². The molecule has 1 N–H and O–H groups in total. The molecule has 0 radical (unpaired) electrons. The van der Waals surface area contributed by atoms with Crippen molar-refractivity contribution in [2.75, 3.05) is 0 Å². The Balaban J connectivity index is 1.48. The lowest BCUT2D eigenvalue weighted by Gasteiger charge is -2.40. The second-order valence-electron chi connectivity index (χ2n) is 6.99. The molecule has 1 saturated carbocycles. The van der Waals surface area contributed by atoms with Gasteiger partial charge in [0.25, 0.3) is 0 Å². The van der Waals surface area contributed by atoms with Gasteiger partial charge in [0.15, 0.2) is 0 Å². The van der Waals surface area contributed by atoms with Crippen LogP contribution in [0, 0.1) is 5.82 Å². The lowest BCUT2D eigenvalue weighted by atomic mass is 9.64. The van der Waals surface area contributed by atoms with Crippen molar-refractivity contribution in [2.24, 2.45) is 0 Å². The fraction of sp³-hybridized carbons (Fsp3) is 0.286.